The minimum absolute atomic E-state index is 0.0545. The van der Waals surface area contributed by atoms with Gasteiger partial charge >= 0.3 is 11.9 Å². The van der Waals surface area contributed by atoms with Gasteiger partial charge in [-0.2, -0.15) is 0 Å². The number of aliphatic carboxylic acids is 2. The Morgan fingerprint density at radius 3 is 2.14 bits per heavy atom. The Labute approximate surface area is 214 Å². The van der Waals surface area contributed by atoms with Gasteiger partial charge in [0.1, 0.15) is 0 Å². The van der Waals surface area contributed by atoms with Gasteiger partial charge in [-0.25, -0.2) is 0 Å². The predicted octanol–water partition coefficient (Wildman–Crippen LogP) is 4.88. The molecule has 0 spiro atoms. The Balaban J connectivity index is 1.48. The standard InChI is InChI=1S/C30H44O6/c1-24(2)12-13-28(23(35)36)14-15-30-16-29(30,20(28)21(24)32)11-7-17-25(3)9-8-19(31)27(5,22(33)34)18(25)6-10-26(17,30)4/h7,11,17-21,31-32H,6,8-10,12-16H2,1-5H3,(H,33,34)(H,35,36). The highest BCUT2D eigenvalue weighted by Gasteiger charge is 2.85. The minimum atomic E-state index is -1.16. The summed E-state index contributed by atoms with van der Waals surface area (Å²) >= 11 is 0. The molecular formula is C30H44O6. The van der Waals surface area contributed by atoms with Crippen molar-refractivity contribution in [2.45, 2.75) is 105 Å². The Bertz CT molecular complexity index is 1070. The lowest BCUT2D eigenvalue weighted by atomic mass is 9.36. The smallest absolute Gasteiger partial charge is 0.312 e. The van der Waals surface area contributed by atoms with Crippen molar-refractivity contribution in [3.63, 3.8) is 0 Å². The molecule has 0 aliphatic heterocycles. The first-order chi connectivity index (χ1) is 16.6. The van der Waals surface area contributed by atoms with Crippen LogP contribution in [0.2, 0.25) is 0 Å². The summed E-state index contributed by atoms with van der Waals surface area (Å²) in [6.45, 7) is 10.6. The minimum Gasteiger partial charge on any atom is -0.481 e. The number of carboxylic acid groups (broad SMARTS) is 2. The zero-order valence-corrected chi connectivity index (χ0v) is 22.5. The number of aliphatic hydroxyl groups is 2. The van der Waals surface area contributed by atoms with E-state index in [2.05, 4.69) is 39.8 Å². The van der Waals surface area contributed by atoms with E-state index in [1.165, 1.54) is 0 Å². The van der Waals surface area contributed by atoms with Crippen LogP contribution in [0.5, 0.6) is 0 Å². The molecule has 5 saturated carbocycles. The summed E-state index contributed by atoms with van der Waals surface area (Å²) in [5, 5.41) is 43.4. The lowest BCUT2D eigenvalue weighted by Gasteiger charge is -2.68. The molecule has 6 nitrogen and oxygen atoms in total. The number of aliphatic hydroxyl groups excluding tert-OH is 2. The molecule has 11 unspecified atom stereocenters. The van der Waals surface area contributed by atoms with E-state index >= 15 is 0 Å². The second-order valence-corrected chi connectivity index (χ2v) is 15.2. The molecule has 6 aliphatic carbocycles. The van der Waals surface area contributed by atoms with Crippen molar-refractivity contribution in [3.8, 4) is 0 Å². The first-order valence-corrected chi connectivity index (χ1v) is 14.1. The van der Waals surface area contributed by atoms with Crippen molar-refractivity contribution < 1.29 is 30.0 Å². The third kappa shape index (κ3) is 2.39. The summed E-state index contributed by atoms with van der Waals surface area (Å²) in [6, 6.07) is 0. The number of hydrogen-bond acceptors (Lipinski definition) is 4. The largest absolute Gasteiger partial charge is 0.481 e. The second-order valence-electron chi connectivity index (χ2n) is 15.2. The van der Waals surface area contributed by atoms with Gasteiger partial charge in [-0.15, -0.1) is 0 Å². The summed E-state index contributed by atoms with van der Waals surface area (Å²) in [5.74, 6) is -1.87. The van der Waals surface area contributed by atoms with E-state index in [1.807, 2.05) is 0 Å². The molecule has 6 aliphatic rings. The zero-order chi connectivity index (χ0) is 26.3. The van der Waals surface area contributed by atoms with E-state index in [9.17, 15) is 30.0 Å². The van der Waals surface area contributed by atoms with Crippen molar-refractivity contribution in [1.29, 1.82) is 0 Å². The van der Waals surface area contributed by atoms with Crippen LogP contribution in [0.1, 0.15) is 92.4 Å². The molecule has 0 radical (unpaired) electrons. The highest BCUT2D eigenvalue weighted by Crippen LogP contribution is 2.90. The molecule has 0 bridgehead atoms. The van der Waals surface area contributed by atoms with Crippen molar-refractivity contribution >= 4 is 11.9 Å². The molecule has 200 valence electrons. The Morgan fingerprint density at radius 1 is 0.833 bits per heavy atom. The molecule has 5 fully saturated rings. The van der Waals surface area contributed by atoms with Gasteiger partial charge in [0.25, 0.3) is 0 Å². The zero-order valence-electron chi connectivity index (χ0n) is 22.5. The van der Waals surface area contributed by atoms with Crippen molar-refractivity contribution in [2.24, 2.45) is 55.7 Å². The van der Waals surface area contributed by atoms with E-state index in [-0.39, 0.29) is 44.8 Å². The van der Waals surface area contributed by atoms with Crippen LogP contribution < -0.4 is 0 Å². The number of hydrogen-bond donors (Lipinski definition) is 4. The van der Waals surface area contributed by atoms with Gasteiger partial charge in [0, 0.05) is 11.3 Å². The molecule has 36 heavy (non-hydrogen) atoms. The Morgan fingerprint density at radius 2 is 1.50 bits per heavy atom. The summed E-state index contributed by atoms with van der Waals surface area (Å²) in [7, 11) is 0. The van der Waals surface area contributed by atoms with Crippen LogP contribution in [0, 0.1) is 55.7 Å². The summed E-state index contributed by atoms with van der Waals surface area (Å²) < 4.78 is 0. The quantitative estimate of drug-likeness (QED) is 0.402. The lowest BCUT2D eigenvalue weighted by Crippen LogP contribution is -2.66. The van der Waals surface area contributed by atoms with E-state index in [0.29, 0.717) is 19.3 Å². The fraction of sp³-hybridized carbons (Fsp3) is 0.867. The third-order valence-electron chi connectivity index (χ3n) is 13.9. The molecule has 4 N–H and O–H groups in total. The van der Waals surface area contributed by atoms with Crippen LogP contribution in [0.4, 0.5) is 0 Å². The normalized spacial score (nSPS) is 58.4. The molecule has 0 aromatic rings. The van der Waals surface area contributed by atoms with Crippen LogP contribution in [-0.4, -0.2) is 44.6 Å². The first-order valence-electron chi connectivity index (χ1n) is 14.1. The van der Waals surface area contributed by atoms with Crippen LogP contribution >= 0.6 is 0 Å². The highest BCUT2D eigenvalue weighted by molar-refractivity contribution is 5.77. The van der Waals surface area contributed by atoms with E-state index in [1.54, 1.807) is 6.92 Å². The van der Waals surface area contributed by atoms with Crippen molar-refractivity contribution in [2.75, 3.05) is 0 Å². The van der Waals surface area contributed by atoms with Crippen molar-refractivity contribution in [3.05, 3.63) is 12.2 Å². The van der Waals surface area contributed by atoms with Crippen molar-refractivity contribution in [1.82, 2.24) is 0 Å². The lowest BCUT2D eigenvalue weighted by molar-refractivity contribution is -0.218. The maximum atomic E-state index is 12.9. The van der Waals surface area contributed by atoms with E-state index in [4.69, 9.17) is 0 Å². The SMILES string of the molecule is CC1(C)CCC2(C(=O)O)CCC34CC3(C=CC3C5(C)CCC(O)C(C)(C(=O)O)C5CCC34C)C2C1O. The van der Waals surface area contributed by atoms with Crippen LogP contribution in [-0.2, 0) is 9.59 Å². The molecule has 0 aromatic heterocycles. The van der Waals surface area contributed by atoms with Crippen LogP contribution in [0.15, 0.2) is 12.2 Å². The Hall–Kier alpha value is -1.40. The van der Waals surface area contributed by atoms with Gasteiger partial charge in [0.15, 0.2) is 0 Å². The average molecular weight is 501 g/mol. The van der Waals surface area contributed by atoms with E-state index < -0.39 is 35.0 Å². The average Bonchev–Trinajstić information content (AvgIpc) is 3.50. The fourth-order valence-corrected chi connectivity index (χ4v) is 11.7. The Kier molecular flexibility index (Phi) is 4.69. The molecule has 6 rings (SSSR count). The van der Waals surface area contributed by atoms with Gasteiger partial charge in [-0.3, -0.25) is 9.59 Å². The van der Waals surface area contributed by atoms with Crippen LogP contribution in [0.25, 0.3) is 0 Å². The fourth-order valence-electron chi connectivity index (χ4n) is 11.7. The monoisotopic (exact) mass is 500 g/mol. The molecule has 0 aromatic carbocycles. The topological polar surface area (TPSA) is 115 Å². The van der Waals surface area contributed by atoms with Gasteiger partial charge in [-0.1, -0.05) is 39.8 Å². The first kappa shape index (κ1) is 24.9. The predicted molar refractivity (Wildman–Crippen MR) is 134 cm³/mol. The van der Waals surface area contributed by atoms with E-state index in [0.717, 1.165) is 38.5 Å². The number of carboxylic acids is 2. The van der Waals surface area contributed by atoms with Gasteiger partial charge < -0.3 is 20.4 Å². The van der Waals surface area contributed by atoms with Crippen LogP contribution in [0.3, 0.4) is 0 Å². The maximum absolute atomic E-state index is 12.9. The maximum Gasteiger partial charge on any atom is 0.312 e. The molecule has 11 atom stereocenters. The summed E-state index contributed by atoms with van der Waals surface area (Å²) in [4.78, 5) is 25.4. The molecule has 0 saturated heterocycles. The molecule has 0 heterocycles. The molecule has 0 amide bonds. The second kappa shape index (κ2) is 6.77. The summed E-state index contributed by atoms with van der Waals surface area (Å²) in [6.07, 6.45) is 9.81. The number of carbonyl (C=O) groups is 2. The van der Waals surface area contributed by atoms with Gasteiger partial charge in [0.2, 0.25) is 0 Å². The third-order valence-corrected chi connectivity index (χ3v) is 13.9. The molecule has 6 heteroatoms. The summed E-state index contributed by atoms with van der Waals surface area (Å²) in [5.41, 5.74) is -3.04. The number of allylic oxidation sites excluding steroid dienone is 2. The highest BCUT2D eigenvalue weighted by atomic mass is 16.4. The van der Waals surface area contributed by atoms with Gasteiger partial charge in [-0.05, 0) is 98.2 Å². The number of fused-ring (bicyclic) bond motifs is 4. The number of rotatable bonds is 2. The molecular weight excluding hydrogens is 456 g/mol. The van der Waals surface area contributed by atoms with Gasteiger partial charge in [0.05, 0.1) is 23.0 Å².